The molecule has 1 N–H and O–H groups in total. The molecule has 0 aliphatic carbocycles. The Kier molecular flexibility index (Phi) is 4.96. The fourth-order valence-electron chi connectivity index (χ4n) is 2.03. The normalized spacial score (nSPS) is 11.9. The number of nitrogens with zero attached hydrogens (tertiary/aromatic N) is 1. The number of rotatable bonds is 6. The first-order chi connectivity index (χ1) is 9.74. The number of pyridine rings is 1. The first kappa shape index (κ1) is 14.3. The summed E-state index contributed by atoms with van der Waals surface area (Å²) in [6, 6.07) is 12.2. The maximum Gasteiger partial charge on any atom is 0.217 e. The Balaban J connectivity index is 2.02. The van der Waals surface area contributed by atoms with Crippen molar-refractivity contribution in [2.24, 2.45) is 0 Å². The van der Waals surface area contributed by atoms with E-state index in [0.29, 0.717) is 12.4 Å². The smallest absolute Gasteiger partial charge is 0.217 e. The molecule has 20 heavy (non-hydrogen) atoms. The maximum absolute atomic E-state index is 5.25. The van der Waals surface area contributed by atoms with Gasteiger partial charge in [-0.2, -0.15) is 0 Å². The SMILES string of the molecule is COc1cccc([C@@H](C)NCc2cccnc2OC)c1. The molecule has 0 fully saturated rings. The Morgan fingerprint density at radius 1 is 1.15 bits per heavy atom. The molecule has 0 saturated heterocycles. The van der Waals surface area contributed by atoms with Crippen LogP contribution in [0.25, 0.3) is 0 Å². The standard InChI is InChI=1S/C16H20N2O2/c1-12(13-6-4-8-15(10-13)19-2)18-11-14-7-5-9-17-16(14)20-3/h4-10,12,18H,11H2,1-3H3/t12-/m1/s1. The molecule has 106 valence electrons. The van der Waals surface area contributed by atoms with Crippen molar-refractivity contribution in [2.45, 2.75) is 19.5 Å². The molecule has 0 radical (unpaired) electrons. The molecule has 0 spiro atoms. The molecule has 1 heterocycles. The number of hydrogen-bond donors (Lipinski definition) is 1. The molecule has 4 heteroatoms. The summed E-state index contributed by atoms with van der Waals surface area (Å²) in [6.45, 7) is 2.83. The zero-order valence-electron chi connectivity index (χ0n) is 12.1. The van der Waals surface area contributed by atoms with Gasteiger partial charge in [-0.05, 0) is 30.7 Å². The summed E-state index contributed by atoms with van der Waals surface area (Å²) in [6.07, 6.45) is 1.73. The molecule has 2 rings (SSSR count). The summed E-state index contributed by atoms with van der Waals surface area (Å²) in [4.78, 5) is 4.19. The summed E-state index contributed by atoms with van der Waals surface area (Å²) in [7, 11) is 3.31. The lowest BCUT2D eigenvalue weighted by atomic mass is 10.1. The van der Waals surface area contributed by atoms with Gasteiger partial charge in [-0.15, -0.1) is 0 Å². The minimum atomic E-state index is 0.218. The van der Waals surface area contributed by atoms with Gasteiger partial charge in [-0.25, -0.2) is 4.98 Å². The molecule has 0 aliphatic rings. The largest absolute Gasteiger partial charge is 0.497 e. The number of ether oxygens (including phenoxy) is 2. The molecule has 2 aromatic rings. The van der Waals surface area contributed by atoms with E-state index in [9.17, 15) is 0 Å². The van der Waals surface area contributed by atoms with Crippen molar-refractivity contribution in [3.8, 4) is 11.6 Å². The van der Waals surface area contributed by atoms with Crippen molar-refractivity contribution in [3.63, 3.8) is 0 Å². The van der Waals surface area contributed by atoms with Gasteiger partial charge in [0.25, 0.3) is 0 Å². The van der Waals surface area contributed by atoms with Gasteiger partial charge in [0.2, 0.25) is 5.88 Å². The monoisotopic (exact) mass is 272 g/mol. The average Bonchev–Trinajstić information content (AvgIpc) is 2.52. The van der Waals surface area contributed by atoms with Crippen LogP contribution in [0.5, 0.6) is 11.6 Å². The maximum atomic E-state index is 5.25. The fraction of sp³-hybridized carbons (Fsp3) is 0.312. The Hall–Kier alpha value is -2.07. The molecule has 0 unspecified atom stereocenters. The Morgan fingerprint density at radius 2 is 2.00 bits per heavy atom. The highest BCUT2D eigenvalue weighted by Crippen LogP contribution is 2.20. The lowest BCUT2D eigenvalue weighted by molar-refractivity contribution is 0.389. The zero-order chi connectivity index (χ0) is 14.4. The second kappa shape index (κ2) is 6.91. The number of methoxy groups -OCH3 is 2. The minimum Gasteiger partial charge on any atom is -0.497 e. The number of benzene rings is 1. The van der Waals surface area contributed by atoms with Gasteiger partial charge in [0, 0.05) is 24.3 Å². The Bertz CT molecular complexity index is 558. The molecule has 0 amide bonds. The van der Waals surface area contributed by atoms with Crippen LogP contribution < -0.4 is 14.8 Å². The van der Waals surface area contributed by atoms with Gasteiger partial charge in [-0.3, -0.25) is 0 Å². The van der Waals surface area contributed by atoms with Gasteiger partial charge in [0.1, 0.15) is 5.75 Å². The molecule has 0 aliphatic heterocycles. The lowest BCUT2D eigenvalue weighted by Crippen LogP contribution is -2.18. The van der Waals surface area contributed by atoms with Crippen molar-refractivity contribution in [1.82, 2.24) is 10.3 Å². The highest BCUT2D eigenvalue weighted by atomic mass is 16.5. The quantitative estimate of drug-likeness (QED) is 0.878. The van der Waals surface area contributed by atoms with Crippen LogP contribution in [0.4, 0.5) is 0 Å². The third kappa shape index (κ3) is 3.48. The summed E-state index contributed by atoms with van der Waals surface area (Å²) in [5.74, 6) is 1.54. The second-order valence-corrected chi connectivity index (χ2v) is 4.55. The van der Waals surface area contributed by atoms with Crippen molar-refractivity contribution in [3.05, 3.63) is 53.7 Å². The second-order valence-electron chi connectivity index (χ2n) is 4.55. The van der Waals surface area contributed by atoms with E-state index in [2.05, 4.69) is 23.3 Å². The van der Waals surface area contributed by atoms with E-state index in [1.54, 1.807) is 20.4 Å². The summed E-state index contributed by atoms with van der Waals surface area (Å²) in [5, 5.41) is 3.47. The molecule has 1 aromatic carbocycles. The molecule has 1 atom stereocenters. The van der Waals surface area contributed by atoms with Gasteiger partial charge in [0.15, 0.2) is 0 Å². The van der Waals surface area contributed by atoms with Crippen molar-refractivity contribution in [2.75, 3.05) is 14.2 Å². The van der Waals surface area contributed by atoms with Crippen LogP contribution in [-0.4, -0.2) is 19.2 Å². The fourth-order valence-corrected chi connectivity index (χ4v) is 2.03. The summed E-state index contributed by atoms with van der Waals surface area (Å²) in [5.41, 5.74) is 2.23. The molecule has 4 nitrogen and oxygen atoms in total. The van der Waals surface area contributed by atoms with Gasteiger partial charge < -0.3 is 14.8 Å². The first-order valence-electron chi connectivity index (χ1n) is 6.60. The van der Waals surface area contributed by atoms with E-state index in [1.165, 1.54) is 5.56 Å². The van der Waals surface area contributed by atoms with Crippen molar-refractivity contribution < 1.29 is 9.47 Å². The lowest BCUT2D eigenvalue weighted by Gasteiger charge is -2.16. The minimum absolute atomic E-state index is 0.218. The average molecular weight is 272 g/mol. The van der Waals surface area contributed by atoms with E-state index in [1.807, 2.05) is 30.3 Å². The van der Waals surface area contributed by atoms with Gasteiger partial charge >= 0.3 is 0 Å². The third-order valence-corrected chi connectivity index (χ3v) is 3.24. The Morgan fingerprint density at radius 3 is 2.75 bits per heavy atom. The number of hydrogen-bond acceptors (Lipinski definition) is 4. The predicted molar refractivity (Wildman–Crippen MR) is 79.0 cm³/mol. The Labute approximate surface area is 119 Å². The first-order valence-corrected chi connectivity index (χ1v) is 6.60. The van der Waals surface area contributed by atoms with Gasteiger partial charge in [0.05, 0.1) is 14.2 Å². The van der Waals surface area contributed by atoms with Crippen molar-refractivity contribution >= 4 is 0 Å². The van der Waals surface area contributed by atoms with Gasteiger partial charge in [-0.1, -0.05) is 18.2 Å². The van der Waals surface area contributed by atoms with Crippen LogP contribution >= 0.6 is 0 Å². The van der Waals surface area contributed by atoms with Crippen LogP contribution in [0.1, 0.15) is 24.1 Å². The highest BCUT2D eigenvalue weighted by molar-refractivity contribution is 5.31. The molecule has 1 aromatic heterocycles. The van der Waals surface area contributed by atoms with E-state index >= 15 is 0 Å². The van der Waals surface area contributed by atoms with E-state index in [-0.39, 0.29) is 6.04 Å². The summed E-state index contributed by atoms with van der Waals surface area (Å²) < 4.78 is 10.5. The van der Waals surface area contributed by atoms with Crippen molar-refractivity contribution in [1.29, 1.82) is 0 Å². The molecule has 0 bridgehead atoms. The number of nitrogens with one attached hydrogen (secondary N) is 1. The number of aromatic nitrogens is 1. The predicted octanol–water partition coefficient (Wildman–Crippen LogP) is 2.95. The molecule has 0 saturated carbocycles. The molecular weight excluding hydrogens is 252 g/mol. The van der Waals surface area contributed by atoms with Crippen LogP contribution in [0, 0.1) is 0 Å². The van der Waals surface area contributed by atoms with Crippen LogP contribution in [0.15, 0.2) is 42.6 Å². The van der Waals surface area contributed by atoms with Crippen LogP contribution in [0.2, 0.25) is 0 Å². The van der Waals surface area contributed by atoms with Crippen LogP contribution in [0.3, 0.4) is 0 Å². The topological polar surface area (TPSA) is 43.4 Å². The van der Waals surface area contributed by atoms with E-state index in [4.69, 9.17) is 9.47 Å². The third-order valence-electron chi connectivity index (χ3n) is 3.24. The molecular formula is C16H20N2O2. The van der Waals surface area contributed by atoms with E-state index < -0.39 is 0 Å². The zero-order valence-corrected chi connectivity index (χ0v) is 12.1. The van der Waals surface area contributed by atoms with E-state index in [0.717, 1.165) is 11.3 Å². The highest BCUT2D eigenvalue weighted by Gasteiger charge is 2.08. The summed E-state index contributed by atoms with van der Waals surface area (Å²) >= 11 is 0. The van der Waals surface area contributed by atoms with Crippen LogP contribution in [-0.2, 0) is 6.54 Å².